The zero-order valence-corrected chi connectivity index (χ0v) is 12.1. The summed E-state index contributed by atoms with van der Waals surface area (Å²) in [5.41, 5.74) is 2.02. The molecule has 0 saturated heterocycles. The average Bonchev–Trinajstić information content (AvgIpc) is 3.29. The smallest absolute Gasteiger partial charge is 0.223 e. The van der Waals surface area contributed by atoms with Crippen molar-refractivity contribution in [3.63, 3.8) is 0 Å². The molecule has 0 bridgehead atoms. The molecule has 1 aromatic carbocycles. The molecule has 20 heavy (non-hydrogen) atoms. The number of ether oxygens (including phenoxy) is 2. The van der Waals surface area contributed by atoms with E-state index in [1.807, 2.05) is 18.2 Å². The van der Waals surface area contributed by atoms with Gasteiger partial charge in [-0.2, -0.15) is 0 Å². The summed E-state index contributed by atoms with van der Waals surface area (Å²) in [6.07, 6.45) is 4.55. The first-order valence-electron chi connectivity index (χ1n) is 6.82. The van der Waals surface area contributed by atoms with Gasteiger partial charge in [0.05, 0.1) is 14.2 Å². The molecule has 0 unspecified atom stereocenters. The fraction of sp³-hybridized carbons (Fsp3) is 0.438. The predicted molar refractivity (Wildman–Crippen MR) is 78.0 cm³/mol. The molecule has 1 aliphatic carbocycles. The van der Waals surface area contributed by atoms with Gasteiger partial charge in [-0.3, -0.25) is 4.79 Å². The standard InChI is InChI=1S/C16H21NO3/c1-4-5-13-8-11(9-14(19-2)15(13)20-3)10-17-16(18)12-6-7-12/h4,8-9,12H,1,5-7,10H2,2-3H3,(H,17,18). The van der Waals surface area contributed by atoms with Gasteiger partial charge < -0.3 is 14.8 Å². The number of methoxy groups -OCH3 is 2. The third-order valence-electron chi connectivity index (χ3n) is 3.39. The molecule has 1 amide bonds. The number of hydrogen-bond acceptors (Lipinski definition) is 3. The van der Waals surface area contributed by atoms with E-state index in [1.54, 1.807) is 14.2 Å². The van der Waals surface area contributed by atoms with Gasteiger partial charge in [0, 0.05) is 18.0 Å². The third-order valence-corrected chi connectivity index (χ3v) is 3.39. The highest BCUT2D eigenvalue weighted by Crippen LogP contribution is 2.33. The fourth-order valence-electron chi connectivity index (χ4n) is 2.19. The van der Waals surface area contributed by atoms with E-state index in [0.29, 0.717) is 18.7 Å². The molecule has 4 nitrogen and oxygen atoms in total. The molecule has 2 rings (SSSR count). The lowest BCUT2D eigenvalue weighted by atomic mass is 10.1. The number of carbonyl (C=O) groups is 1. The van der Waals surface area contributed by atoms with Crippen molar-refractivity contribution in [1.29, 1.82) is 0 Å². The quantitative estimate of drug-likeness (QED) is 0.778. The first-order chi connectivity index (χ1) is 9.69. The van der Waals surface area contributed by atoms with Crippen LogP contribution >= 0.6 is 0 Å². The van der Waals surface area contributed by atoms with Crippen molar-refractivity contribution in [3.05, 3.63) is 35.9 Å². The van der Waals surface area contributed by atoms with E-state index in [4.69, 9.17) is 9.47 Å². The van der Waals surface area contributed by atoms with Crippen LogP contribution in [-0.2, 0) is 17.8 Å². The van der Waals surface area contributed by atoms with Crippen molar-refractivity contribution >= 4 is 5.91 Å². The fourth-order valence-corrected chi connectivity index (χ4v) is 2.19. The summed E-state index contributed by atoms with van der Waals surface area (Å²) in [5.74, 6) is 1.78. The van der Waals surface area contributed by atoms with Gasteiger partial charge in [-0.15, -0.1) is 6.58 Å². The van der Waals surface area contributed by atoms with Crippen molar-refractivity contribution in [2.75, 3.05) is 14.2 Å². The van der Waals surface area contributed by atoms with Gasteiger partial charge in [-0.05, 0) is 37.0 Å². The Bertz CT molecular complexity index is 507. The molecule has 1 fully saturated rings. The summed E-state index contributed by atoms with van der Waals surface area (Å²) in [7, 11) is 3.24. The molecule has 1 aromatic rings. The number of benzene rings is 1. The lowest BCUT2D eigenvalue weighted by Crippen LogP contribution is -2.24. The maximum absolute atomic E-state index is 11.7. The maximum Gasteiger partial charge on any atom is 0.223 e. The maximum atomic E-state index is 11.7. The van der Waals surface area contributed by atoms with Crippen LogP contribution in [0.2, 0.25) is 0 Å². The van der Waals surface area contributed by atoms with E-state index in [0.717, 1.165) is 29.7 Å². The molecule has 0 spiro atoms. The molecule has 0 aromatic heterocycles. The van der Waals surface area contributed by atoms with Crippen molar-refractivity contribution in [3.8, 4) is 11.5 Å². The highest BCUT2D eigenvalue weighted by atomic mass is 16.5. The molecule has 1 N–H and O–H groups in total. The molecule has 0 heterocycles. The van der Waals surface area contributed by atoms with Crippen LogP contribution in [0.5, 0.6) is 11.5 Å². The Labute approximate surface area is 119 Å². The Morgan fingerprint density at radius 3 is 2.70 bits per heavy atom. The first kappa shape index (κ1) is 14.4. The predicted octanol–water partition coefficient (Wildman–Crippen LogP) is 2.46. The summed E-state index contributed by atoms with van der Waals surface area (Å²) in [5, 5.41) is 2.96. The number of hydrogen-bond donors (Lipinski definition) is 1. The van der Waals surface area contributed by atoms with Crippen molar-refractivity contribution in [1.82, 2.24) is 5.32 Å². The third kappa shape index (κ3) is 3.32. The van der Waals surface area contributed by atoms with Crippen molar-refractivity contribution < 1.29 is 14.3 Å². The van der Waals surface area contributed by atoms with Crippen molar-refractivity contribution in [2.45, 2.75) is 25.8 Å². The highest BCUT2D eigenvalue weighted by Gasteiger charge is 2.29. The molecule has 4 heteroatoms. The van der Waals surface area contributed by atoms with Crippen LogP contribution in [-0.4, -0.2) is 20.1 Å². The van der Waals surface area contributed by atoms with Crippen LogP contribution in [0.3, 0.4) is 0 Å². The molecule has 0 radical (unpaired) electrons. The summed E-state index contributed by atoms with van der Waals surface area (Å²) in [6, 6.07) is 3.93. The monoisotopic (exact) mass is 275 g/mol. The lowest BCUT2D eigenvalue weighted by Gasteiger charge is -2.14. The zero-order valence-electron chi connectivity index (χ0n) is 12.1. The molecule has 0 atom stereocenters. The second-order valence-corrected chi connectivity index (χ2v) is 4.98. The van der Waals surface area contributed by atoms with Crippen molar-refractivity contribution in [2.24, 2.45) is 5.92 Å². The largest absolute Gasteiger partial charge is 0.493 e. The van der Waals surface area contributed by atoms with Crippen LogP contribution in [0.4, 0.5) is 0 Å². The topological polar surface area (TPSA) is 47.6 Å². The van der Waals surface area contributed by atoms with Gasteiger partial charge in [0.25, 0.3) is 0 Å². The van der Waals surface area contributed by atoms with Crippen LogP contribution in [0, 0.1) is 5.92 Å². The van der Waals surface area contributed by atoms with Crippen LogP contribution in [0.25, 0.3) is 0 Å². The number of rotatable bonds is 7. The second-order valence-electron chi connectivity index (χ2n) is 4.98. The number of carbonyl (C=O) groups excluding carboxylic acids is 1. The Morgan fingerprint density at radius 2 is 2.15 bits per heavy atom. The SMILES string of the molecule is C=CCc1cc(CNC(=O)C2CC2)cc(OC)c1OC. The normalized spacial score (nSPS) is 13.7. The summed E-state index contributed by atoms with van der Waals surface area (Å²) in [6.45, 7) is 4.27. The summed E-state index contributed by atoms with van der Waals surface area (Å²) >= 11 is 0. The van der Waals surface area contributed by atoms with Gasteiger partial charge >= 0.3 is 0 Å². The van der Waals surface area contributed by atoms with Crippen LogP contribution in [0.15, 0.2) is 24.8 Å². The number of amides is 1. The van der Waals surface area contributed by atoms with Gasteiger partial charge in [0.15, 0.2) is 11.5 Å². The Hall–Kier alpha value is -1.97. The second kappa shape index (κ2) is 6.46. The van der Waals surface area contributed by atoms with Gasteiger partial charge in [0.2, 0.25) is 5.91 Å². The Kier molecular flexibility index (Phi) is 4.66. The van der Waals surface area contributed by atoms with E-state index in [9.17, 15) is 4.79 Å². The summed E-state index contributed by atoms with van der Waals surface area (Å²) < 4.78 is 10.7. The van der Waals surface area contributed by atoms with E-state index in [-0.39, 0.29) is 11.8 Å². The minimum Gasteiger partial charge on any atom is -0.493 e. The number of allylic oxidation sites excluding steroid dienone is 1. The van der Waals surface area contributed by atoms with Crippen LogP contribution in [0.1, 0.15) is 24.0 Å². The van der Waals surface area contributed by atoms with E-state index >= 15 is 0 Å². The van der Waals surface area contributed by atoms with E-state index < -0.39 is 0 Å². The van der Waals surface area contributed by atoms with Gasteiger partial charge in [0.1, 0.15) is 0 Å². The minimum atomic E-state index is 0.144. The van der Waals surface area contributed by atoms with Gasteiger partial charge in [-0.25, -0.2) is 0 Å². The average molecular weight is 275 g/mol. The lowest BCUT2D eigenvalue weighted by molar-refractivity contribution is -0.122. The van der Waals surface area contributed by atoms with Gasteiger partial charge in [-0.1, -0.05) is 6.08 Å². The molecular formula is C16H21NO3. The Balaban J connectivity index is 2.16. The van der Waals surface area contributed by atoms with E-state index in [2.05, 4.69) is 11.9 Å². The molecular weight excluding hydrogens is 254 g/mol. The van der Waals surface area contributed by atoms with Crippen LogP contribution < -0.4 is 14.8 Å². The Morgan fingerprint density at radius 1 is 1.40 bits per heavy atom. The molecule has 0 aliphatic heterocycles. The first-order valence-corrected chi connectivity index (χ1v) is 6.82. The summed E-state index contributed by atoms with van der Waals surface area (Å²) in [4.78, 5) is 11.7. The molecule has 1 saturated carbocycles. The minimum absolute atomic E-state index is 0.144. The molecule has 1 aliphatic rings. The molecule has 108 valence electrons. The highest BCUT2D eigenvalue weighted by molar-refractivity contribution is 5.80. The number of nitrogens with one attached hydrogen (secondary N) is 1. The van der Waals surface area contributed by atoms with E-state index in [1.165, 1.54) is 0 Å². The zero-order chi connectivity index (χ0) is 14.5.